The van der Waals surface area contributed by atoms with Crippen molar-refractivity contribution in [2.24, 2.45) is 0 Å². The standard InChI is InChI=1S/C17H15ClFN3O/c18-15-5-1-6-16(19)14(15)10-17(23)22(9-3-7-20)12-13-4-2-8-21-11-13/h1-2,4-6,8,11H,3,9-10,12H2. The lowest BCUT2D eigenvalue weighted by Gasteiger charge is -2.22. The lowest BCUT2D eigenvalue weighted by Crippen LogP contribution is -2.33. The second-order valence-corrected chi connectivity index (χ2v) is 5.37. The molecule has 0 bridgehead atoms. The third kappa shape index (κ3) is 4.76. The molecule has 0 saturated carbocycles. The van der Waals surface area contributed by atoms with Crippen molar-refractivity contribution in [3.8, 4) is 6.07 Å². The summed E-state index contributed by atoms with van der Waals surface area (Å²) in [6.45, 7) is 0.594. The van der Waals surface area contributed by atoms with Crippen LogP contribution in [0.4, 0.5) is 4.39 Å². The van der Waals surface area contributed by atoms with Gasteiger partial charge in [-0.05, 0) is 23.8 Å². The summed E-state index contributed by atoms with van der Waals surface area (Å²) < 4.78 is 13.8. The summed E-state index contributed by atoms with van der Waals surface area (Å²) in [4.78, 5) is 18.0. The van der Waals surface area contributed by atoms with Crippen molar-refractivity contribution >= 4 is 17.5 Å². The molecule has 1 aromatic carbocycles. The Morgan fingerprint density at radius 1 is 1.35 bits per heavy atom. The highest BCUT2D eigenvalue weighted by Crippen LogP contribution is 2.20. The molecule has 0 fully saturated rings. The first kappa shape index (κ1) is 16.9. The minimum atomic E-state index is -0.507. The molecular weight excluding hydrogens is 317 g/mol. The molecule has 0 radical (unpaired) electrons. The van der Waals surface area contributed by atoms with Crippen LogP contribution >= 0.6 is 11.6 Å². The number of hydrogen-bond acceptors (Lipinski definition) is 3. The molecule has 0 aliphatic heterocycles. The number of nitriles is 1. The van der Waals surface area contributed by atoms with Gasteiger partial charge in [-0.1, -0.05) is 23.7 Å². The summed E-state index contributed by atoms with van der Waals surface area (Å²) in [6, 6.07) is 9.95. The monoisotopic (exact) mass is 331 g/mol. The van der Waals surface area contributed by atoms with Crippen LogP contribution in [0.1, 0.15) is 17.5 Å². The van der Waals surface area contributed by atoms with Gasteiger partial charge in [-0.3, -0.25) is 9.78 Å². The second-order valence-electron chi connectivity index (χ2n) is 4.96. The van der Waals surface area contributed by atoms with E-state index in [4.69, 9.17) is 16.9 Å². The molecule has 0 N–H and O–H groups in total. The highest BCUT2D eigenvalue weighted by molar-refractivity contribution is 6.31. The lowest BCUT2D eigenvalue weighted by atomic mass is 10.1. The topological polar surface area (TPSA) is 57.0 Å². The summed E-state index contributed by atoms with van der Waals surface area (Å²) in [7, 11) is 0. The van der Waals surface area contributed by atoms with Crippen molar-refractivity contribution < 1.29 is 9.18 Å². The molecule has 4 nitrogen and oxygen atoms in total. The number of carbonyl (C=O) groups is 1. The molecule has 0 aliphatic rings. The fourth-order valence-corrected chi connectivity index (χ4v) is 2.38. The fourth-order valence-electron chi connectivity index (χ4n) is 2.15. The van der Waals surface area contributed by atoms with E-state index in [0.29, 0.717) is 6.54 Å². The zero-order valence-corrected chi connectivity index (χ0v) is 13.1. The van der Waals surface area contributed by atoms with Gasteiger partial charge in [-0.2, -0.15) is 5.26 Å². The van der Waals surface area contributed by atoms with Gasteiger partial charge in [0.15, 0.2) is 0 Å². The van der Waals surface area contributed by atoms with Gasteiger partial charge in [0, 0.05) is 36.1 Å². The van der Waals surface area contributed by atoms with Crippen LogP contribution < -0.4 is 0 Å². The van der Waals surface area contributed by atoms with E-state index in [0.717, 1.165) is 5.56 Å². The van der Waals surface area contributed by atoms with E-state index in [1.165, 1.54) is 17.0 Å². The highest BCUT2D eigenvalue weighted by Gasteiger charge is 2.18. The van der Waals surface area contributed by atoms with Crippen molar-refractivity contribution in [3.63, 3.8) is 0 Å². The molecule has 2 aromatic rings. The number of pyridine rings is 1. The number of amides is 1. The normalized spacial score (nSPS) is 10.1. The van der Waals surface area contributed by atoms with Gasteiger partial charge in [0.05, 0.1) is 18.9 Å². The lowest BCUT2D eigenvalue weighted by molar-refractivity contribution is -0.131. The Morgan fingerprint density at radius 3 is 2.83 bits per heavy atom. The van der Waals surface area contributed by atoms with Gasteiger partial charge in [0.25, 0.3) is 0 Å². The van der Waals surface area contributed by atoms with Crippen LogP contribution in [0.2, 0.25) is 5.02 Å². The molecule has 2 rings (SSSR count). The van der Waals surface area contributed by atoms with Gasteiger partial charge in [0.1, 0.15) is 5.82 Å². The average Bonchev–Trinajstić information content (AvgIpc) is 2.55. The summed E-state index contributed by atoms with van der Waals surface area (Å²) in [5.41, 5.74) is 1.02. The Bertz CT molecular complexity index is 695. The van der Waals surface area contributed by atoms with Gasteiger partial charge >= 0.3 is 0 Å². The number of nitrogens with zero attached hydrogens (tertiary/aromatic N) is 3. The van der Waals surface area contributed by atoms with E-state index in [-0.39, 0.29) is 35.9 Å². The molecular formula is C17H15ClFN3O. The predicted octanol–water partition coefficient (Wildman–Crippen LogP) is 3.36. The van der Waals surface area contributed by atoms with Crippen molar-refractivity contribution in [2.75, 3.05) is 6.54 Å². The molecule has 6 heteroatoms. The zero-order valence-electron chi connectivity index (χ0n) is 12.4. The van der Waals surface area contributed by atoms with E-state index >= 15 is 0 Å². The van der Waals surface area contributed by atoms with Crippen LogP contribution in [0, 0.1) is 17.1 Å². The molecule has 23 heavy (non-hydrogen) atoms. The summed E-state index contributed by atoms with van der Waals surface area (Å²) in [5.74, 6) is -0.788. The Balaban J connectivity index is 2.15. The maximum Gasteiger partial charge on any atom is 0.227 e. The summed E-state index contributed by atoms with van der Waals surface area (Å²) in [5, 5.41) is 8.98. The van der Waals surface area contributed by atoms with E-state index < -0.39 is 5.82 Å². The number of rotatable bonds is 6. The highest BCUT2D eigenvalue weighted by atomic mass is 35.5. The fraction of sp³-hybridized carbons (Fsp3) is 0.235. The molecule has 1 amide bonds. The first-order chi connectivity index (χ1) is 11.1. The van der Waals surface area contributed by atoms with E-state index in [2.05, 4.69) is 4.98 Å². The van der Waals surface area contributed by atoms with Crippen LogP contribution in [0.15, 0.2) is 42.7 Å². The first-order valence-electron chi connectivity index (χ1n) is 7.08. The smallest absolute Gasteiger partial charge is 0.227 e. The van der Waals surface area contributed by atoms with Crippen molar-refractivity contribution in [3.05, 3.63) is 64.7 Å². The average molecular weight is 332 g/mol. The first-order valence-corrected chi connectivity index (χ1v) is 7.46. The molecule has 0 spiro atoms. The minimum absolute atomic E-state index is 0.142. The number of halogens is 2. The number of aromatic nitrogens is 1. The van der Waals surface area contributed by atoms with Gasteiger partial charge in [0.2, 0.25) is 5.91 Å². The van der Waals surface area contributed by atoms with E-state index in [1.807, 2.05) is 12.1 Å². The third-order valence-corrected chi connectivity index (χ3v) is 3.69. The van der Waals surface area contributed by atoms with Crippen molar-refractivity contribution in [1.82, 2.24) is 9.88 Å². The van der Waals surface area contributed by atoms with Crippen molar-refractivity contribution in [2.45, 2.75) is 19.4 Å². The number of carbonyl (C=O) groups excluding carboxylic acids is 1. The maximum absolute atomic E-state index is 13.8. The van der Waals surface area contributed by atoms with E-state index in [9.17, 15) is 9.18 Å². The Morgan fingerprint density at radius 2 is 2.17 bits per heavy atom. The van der Waals surface area contributed by atoms with Crippen LogP contribution in [-0.2, 0) is 17.8 Å². The minimum Gasteiger partial charge on any atom is -0.337 e. The molecule has 1 aromatic heterocycles. The second kappa shape index (κ2) is 8.25. The molecule has 0 atom stereocenters. The molecule has 0 unspecified atom stereocenters. The maximum atomic E-state index is 13.8. The molecule has 1 heterocycles. The Kier molecular flexibility index (Phi) is 6.07. The SMILES string of the molecule is N#CCCN(Cc1cccnc1)C(=O)Cc1c(F)cccc1Cl. The predicted molar refractivity (Wildman–Crippen MR) is 85.0 cm³/mol. The molecule has 118 valence electrons. The van der Waals surface area contributed by atoms with Crippen LogP contribution in [0.25, 0.3) is 0 Å². The zero-order chi connectivity index (χ0) is 16.7. The van der Waals surface area contributed by atoms with Crippen LogP contribution in [0.3, 0.4) is 0 Å². The van der Waals surface area contributed by atoms with E-state index in [1.54, 1.807) is 24.5 Å². The Labute approximate surface area is 139 Å². The van der Waals surface area contributed by atoms with Gasteiger partial charge in [-0.25, -0.2) is 4.39 Å². The quantitative estimate of drug-likeness (QED) is 0.815. The van der Waals surface area contributed by atoms with Gasteiger partial charge in [-0.15, -0.1) is 0 Å². The summed E-state index contributed by atoms with van der Waals surface area (Å²) >= 11 is 5.97. The van der Waals surface area contributed by atoms with Gasteiger partial charge < -0.3 is 4.90 Å². The number of hydrogen-bond donors (Lipinski definition) is 0. The van der Waals surface area contributed by atoms with Crippen molar-refractivity contribution in [1.29, 1.82) is 5.26 Å². The Hall–Kier alpha value is -2.45. The largest absolute Gasteiger partial charge is 0.337 e. The van der Waals surface area contributed by atoms with Crippen LogP contribution in [0.5, 0.6) is 0 Å². The molecule has 0 saturated heterocycles. The van der Waals surface area contributed by atoms with Crippen LogP contribution in [-0.4, -0.2) is 22.3 Å². The molecule has 0 aliphatic carbocycles. The third-order valence-electron chi connectivity index (χ3n) is 3.33. The number of benzene rings is 1. The summed E-state index contributed by atoms with van der Waals surface area (Å²) in [6.07, 6.45) is 3.36.